The third-order valence-electron chi connectivity index (χ3n) is 4.41. The molecule has 4 rings (SSSR count). The highest BCUT2D eigenvalue weighted by molar-refractivity contribution is 5.90. The normalized spacial score (nSPS) is 10.8. The predicted molar refractivity (Wildman–Crippen MR) is 103 cm³/mol. The number of carbonyl (C=O) groups is 1. The number of esters is 1. The highest BCUT2D eigenvalue weighted by atomic mass is 19.1. The summed E-state index contributed by atoms with van der Waals surface area (Å²) in [5, 5.41) is 7.73. The van der Waals surface area contributed by atoms with Gasteiger partial charge < -0.3 is 10.1 Å². The van der Waals surface area contributed by atoms with Crippen molar-refractivity contribution in [1.29, 1.82) is 0 Å². The van der Waals surface area contributed by atoms with Crippen molar-refractivity contribution >= 4 is 17.4 Å². The second-order valence-corrected chi connectivity index (χ2v) is 6.17. The Morgan fingerprint density at radius 1 is 1.11 bits per heavy atom. The van der Waals surface area contributed by atoms with E-state index in [4.69, 9.17) is 4.74 Å². The van der Waals surface area contributed by atoms with E-state index >= 15 is 0 Å². The summed E-state index contributed by atoms with van der Waals surface area (Å²) in [7, 11) is 1.35. The summed E-state index contributed by atoms with van der Waals surface area (Å²) in [6.45, 7) is 0.530. The van der Waals surface area contributed by atoms with Gasteiger partial charge in [0.15, 0.2) is 5.65 Å². The molecule has 0 atom stereocenters. The Labute approximate surface area is 160 Å². The molecule has 0 bridgehead atoms. The summed E-state index contributed by atoms with van der Waals surface area (Å²) in [6, 6.07) is 15.3. The Kier molecular flexibility index (Phi) is 4.72. The molecule has 0 saturated heterocycles. The van der Waals surface area contributed by atoms with Crippen LogP contribution >= 0.6 is 0 Å². The molecular weight excluding hydrogens is 359 g/mol. The number of ether oxygens (including phenoxy) is 1. The second kappa shape index (κ2) is 7.48. The SMILES string of the molecule is COC(=O)c1ccc(-c2cnn3c(NCc4ccc(F)cc4)ccnc23)cc1. The number of benzene rings is 2. The lowest BCUT2D eigenvalue weighted by atomic mass is 10.1. The van der Waals surface area contributed by atoms with Crippen molar-refractivity contribution in [3.8, 4) is 11.1 Å². The molecule has 140 valence electrons. The van der Waals surface area contributed by atoms with Crippen LogP contribution in [0.1, 0.15) is 15.9 Å². The number of anilines is 1. The smallest absolute Gasteiger partial charge is 0.337 e. The lowest BCUT2D eigenvalue weighted by Crippen LogP contribution is -2.05. The van der Waals surface area contributed by atoms with Gasteiger partial charge in [-0.2, -0.15) is 9.61 Å². The Morgan fingerprint density at radius 2 is 1.86 bits per heavy atom. The zero-order valence-corrected chi connectivity index (χ0v) is 15.1. The van der Waals surface area contributed by atoms with Crippen molar-refractivity contribution in [3.05, 3.63) is 83.9 Å². The van der Waals surface area contributed by atoms with Crippen molar-refractivity contribution in [2.45, 2.75) is 6.54 Å². The van der Waals surface area contributed by atoms with Gasteiger partial charge in [0, 0.05) is 18.3 Å². The van der Waals surface area contributed by atoms with Crippen LogP contribution in [0.4, 0.5) is 10.2 Å². The number of halogens is 1. The van der Waals surface area contributed by atoms with Crippen LogP contribution in [-0.4, -0.2) is 27.7 Å². The van der Waals surface area contributed by atoms with Crippen LogP contribution in [-0.2, 0) is 11.3 Å². The topological polar surface area (TPSA) is 68.5 Å². The molecule has 0 fully saturated rings. The van der Waals surface area contributed by atoms with Gasteiger partial charge in [0.1, 0.15) is 11.6 Å². The van der Waals surface area contributed by atoms with Gasteiger partial charge in [0.2, 0.25) is 0 Å². The lowest BCUT2D eigenvalue weighted by Gasteiger charge is -2.08. The quantitative estimate of drug-likeness (QED) is 0.535. The summed E-state index contributed by atoms with van der Waals surface area (Å²) in [5.41, 5.74) is 3.87. The minimum Gasteiger partial charge on any atom is -0.465 e. The van der Waals surface area contributed by atoms with Crippen LogP contribution in [0.3, 0.4) is 0 Å². The summed E-state index contributed by atoms with van der Waals surface area (Å²) in [6.07, 6.45) is 3.44. The lowest BCUT2D eigenvalue weighted by molar-refractivity contribution is 0.0601. The number of carbonyl (C=O) groups excluding carboxylic acids is 1. The molecule has 0 unspecified atom stereocenters. The number of fused-ring (bicyclic) bond motifs is 1. The molecule has 0 aliphatic carbocycles. The van der Waals surface area contributed by atoms with Gasteiger partial charge in [-0.3, -0.25) is 0 Å². The van der Waals surface area contributed by atoms with Crippen molar-refractivity contribution < 1.29 is 13.9 Å². The average molecular weight is 376 g/mol. The molecule has 4 aromatic rings. The van der Waals surface area contributed by atoms with Crippen molar-refractivity contribution in [1.82, 2.24) is 14.6 Å². The standard InChI is InChI=1S/C21H17FN4O2/c1-28-21(27)16-6-4-15(5-7-16)18-13-25-26-19(10-11-23-20(18)26)24-12-14-2-8-17(22)9-3-14/h2-11,13,24H,12H2,1H3. The third-order valence-corrected chi connectivity index (χ3v) is 4.41. The van der Waals surface area contributed by atoms with Crippen LogP contribution in [0.2, 0.25) is 0 Å². The molecule has 2 aromatic heterocycles. The first-order valence-electron chi connectivity index (χ1n) is 8.65. The van der Waals surface area contributed by atoms with E-state index in [-0.39, 0.29) is 11.8 Å². The van der Waals surface area contributed by atoms with Crippen molar-refractivity contribution in [2.75, 3.05) is 12.4 Å². The average Bonchev–Trinajstić information content (AvgIpc) is 3.17. The number of nitrogens with zero attached hydrogens (tertiary/aromatic N) is 3. The summed E-state index contributed by atoms with van der Waals surface area (Å²) in [4.78, 5) is 16.0. The van der Waals surface area contributed by atoms with Gasteiger partial charge in [0.25, 0.3) is 0 Å². The zero-order chi connectivity index (χ0) is 19.5. The zero-order valence-electron chi connectivity index (χ0n) is 15.1. The van der Waals surface area contributed by atoms with E-state index in [1.165, 1.54) is 19.2 Å². The first kappa shape index (κ1) is 17.7. The molecule has 0 aliphatic rings. The molecule has 0 aliphatic heterocycles. The van der Waals surface area contributed by atoms with Crippen LogP contribution in [0.5, 0.6) is 0 Å². The fourth-order valence-corrected chi connectivity index (χ4v) is 2.93. The van der Waals surface area contributed by atoms with E-state index in [1.807, 2.05) is 18.2 Å². The Hall–Kier alpha value is -3.74. The summed E-state index contributed by atoms with van der Waals surface area (Å²) in [5.74, 6) is 0.133. The highest BCUT2D eigenvalue weighted by Crippen LogP contribution is 2.25. The Morgan fingerprint density at radius 3 is 2.57 bits per heavy atom. The Balaban J connectivity index is 1.61. The molecule has 2 aromatic carbocycles. The minimum atomic E-state index is -0.378. The van der Waals surface area contributed by atoms with Crippen LogP contribution in [0.25, 0.3) is 16.8 Å². The highest BCUT2D eigenvalue weighted by Gasteiger charge is 2.12. The van der Waals surface area contributed by atoms with Gasteiger partial charge in [-0.15, -0.1) is 0 Å². The van der Waals surface area contributed by atoms with Crippen LogP contribution in [0.15, 0.2) is 67.0 Å². The molecular formula is C21H17FN4O2. The fourth-order valence-electron chi connectivity index (χ4n) is 2.93. The molecule has 1 N–H and O–H groups in total. The molecule has 7 heteroatoms. The largest absolute Gasteiger partial charge is 0.465 e. The van der Waals surface area contributed by atoms with Crippen LogP contribution in [0, 0.1) is 5.82 Å². The first-order chi connectivity index (χ1) is 13.7. The Bertz CT molecular complexity index is 1120. The van der Waals surface area contributed by atoms with E-state index in [9.17, 15) is 9.18 Å². The molecule has 2 heterocycles. The van der Waals surface area contributed by atoms with E-state index in [2.05, 4.69) is 15.4 Å². The monoisotopic (exact) mass is 376 g/mol. The maximum absolute atomic E-state index is 13.0. The second-order valence-electron chi connectivity index (χ2n) is 6.17. The maximum atomic E-state index is 13.0. The predicted octanol–water partition coefficient (Wildman–Crippen LogP) is 3.93. The molecule has 0 saturated carbocycles. The summed E-state index contributed by atoms with van der Waals surface area (Å²) < 4.78 is 19.5. The number of nitrogens with one attached hydrogen (secondary N) is 1. The first-order valence-corrected chi connectivity index (χ1v) is 8.65. The van der Waals surface area contributed by atoms with Crippen LogP contribution < -0.4 is 5.32 Å². The van der Waals surface area contributed by atoms with Gasteiger partial charge in [-0.1, -0.05) is 24.3 Å². The fraction of sp³-hybridized carbons (Fsp3) is 0.0952. The van der Waals surface area contributed by atoms with Gasteiger partial charge in [0.05, 0.1) is 18.9 Å². The third kappa shape index (κ3) is 3.42. The van der Waals surface area contributed by atoms with Gasteiger partial charge in [-0.25, -0.2) is 14.2 Å². The van der Waals surface area contributed by atoms with E-state index in [0.29, 0.717) is 17.8 Å². The number of methoxy groups -OCH3 is 1. The molecule has 0 amide bonds. The van der Waals surface area contributed by atoms with Crippen molar-refractivity contribution in [3.63, 3.8) is 0 Å². The van der Waals surface area contributed by atoms with E-state index in [0.717, 1.165) is 22.5 Å². The summed E-state index contributed by atoms with van der Waals surface area (Å²) >= 11 is 0. The minimum absolute atomic E-state index is 0.259. The number of rotatable bonds is 5. The van der Waals surface area contributed by atoms with Gasteiger partial charge in [-0.05, 0) is 41.5 Å². The number of hydrogen-bond acceptors (Lipinski definition) is 5. The van der Waals surface area contributed by atoms with Gasteiger partial charge >= 0.3 is 5.97 Å². The number of aromatic nitrogens is 3. The van der Waals surface area contributed by atoms with E-state index < -0.39 is 0 Å². The number of hydrogen-bond donors (Lipinski definition) is 1. The molecule has 0 radical (unpaired) electrons. The van der Waals surface area contributed by atoms with Crippen molar-refractivity contribution in [2.24, 2.45) is 0 Å². The van der Waals surface area contributed by atoms with E-state index in [1.54, 1.807) is 41.2 Å². The molecule has 0 spiro atoms. The molecule has 6 nitrogen and oxygen atoms in total. The molecule has 28 heavy (non-hydrogen) atoms. The maximum Gasteiger partial charge on any atom is 0.337 e.